The Morgan fingerprint density at radius 2 is 1.82 bits per heavy atom. The summed E-state index contributed by atoms with van der Waals surface area (Å²) < 4.78 is 26.5. The fourth-order valence-electron chi connectivity index (χ4n) is 2.12. The number of nitrogens with zero attached hydrogens (tertiary/aromatic N) is 2. The molecule has 1 aromatic heterocycles. The van der Waals surface area contributed by atoms with E-state index >= 15 is 0 Å². The van der Waals surface area contributed by atoms with Crippen molar-refractivity contribution >= 4 is 21.4 Å². The summed E-state index contributed by atoms with van der Waals surface area (Å²) in [6, 6.07) is 15.8. The van der Waals surface area contributed by atoms with Crippen molar-refractivity contribution in [1.82, 2.24) is 9.78 Å². The van der Waals surface area contributed by atoms with Gasteiger partial charge in [-0.15, -0.1) is 0 Å². The molecular weight excluding hydrogens is 320 g/mol. The molecule has 0 aliphatic carbocycles. The number of rotatable bonds is 4. The summed E-state index contributed by atoms with van der Waals surface area (Å²) in [6.07, 6.45) is 3.28. The lowest BCUT2D eigenvalue weighted by atomic mass is 10.3. The van der Waals surface area contributed by atoms with Crippen LogP contribution in [0.15, 0.2) is 71.9 Å². The van der Waals surface area contributed by atoms with Crippen molar-refractivity contribution in [2.24, 2.45) is 0 Å². The van der Waals surface area contributed by atoms with Gasteiger partial charge < -0.3 is 0 Å². The Labute approximate surface area is 133 Å². The van der Waals surface area contributed by atoms with Crippen LogP contribution in [0.25, 0.3) is 5.69 Å². The van der Waals surface area contributed by atoms with Crippen molar-refractivity contribution in [3.05, 3.63) is 77.6 Å². The molecule has 0 saturated heterocycles. The molecule has 0 N–H and O–H groups in total. The van der Waals surface area contributed by atoms with E-state index in [0.29, 0.717) is 10.6 Å². The standard InChI is InChI=1S/C16H13ClN2O2S/c17-14-5-4-8-16(9-14)22(20,21)12-13-10-18-19(11-13)15-6-2-1-3-7-15/h1-11H,12H2. The largest absolute Gasteiger partial charge is 0.241 e. The normalized spacial score (nSPS) is 11.5. The Kier molecular flexibility index (Phi) is 4.00. The van der Waals surface area contributed by atoms with E-state index in [0.717, 1.165) is 5.69 Å². The minimum Gasteiger partial charge on any atom is -0.241 e. The summed E-state index contributed by atoms with van der Waals surface area (Å²) >= 11 is 5.86. The topological polar surface area (TPSA) is 52.0 Å². The highest BCUT2D eigenvalue weighted by atomic mass is 35.5. The number of hydrogen-bond donors (Lipinski definition) is 0. The number of aromatic nitrogens is 2. The predicted octanol–water partition coefficient (Wildman–Crippen LogP) is 3.50. The molecule has 6 heteroatoms. The van der Waals surface area contributed by atoms with E-state index in [9.17, 15) is 8.42 Å². The molecule has 0 unspecified atom stereocenters. The molecule has 2 aromatic carbocycles. The molecular formula is C16H13ClN2O2S. The lowest BCUT2D eigenvalue weighted by molar-refractivity contribution is 0.595. The van der Waals surface area contributed by atoms with Gasteiger partial charge in [0, 0.05) is 16.8 Å². The van der Waals surface area contributed by atoms with E-state index in [4.69, 9.17) is 11.6 Å². The number of hydrogen-bond acceptors (Lipinski definition) is 3. The molecule has 0 aliphatic rings. The van der Waals surface area contributed by atoms with Gasteiger partial charge in [-0.25, -0.2) is 13.1 Å². The average Bonchev–Trinajstić information content (AvgIpc) is 2.96. The monoisotopic (exact) mass is 332 g/mol. The van der Waals surface area contributed by atoms with E-state index in [2.05, 4.69) is 5.10 Å². The summed E-state index contributed by atoms with van der Waals surface area (Å²) in [5.74, 6) is -0.111. The molecule has 0 aliphatic heterocycles. The van der Waals surface area contributed by atoms with Crippen LogP contribution in [0.1, 0.15) is 5.56 Å². The Hall–Kier alpha value is -2.11. The number of para-hydroxylation sites is 1. The summed E-state index contributed by atoms with van der Waals surface area (Å²) in [6.45, 7) is 0. The summed E-state index contributed by atoms with van der Waals surface area (Å²) in [4.78, 5) is 0.215. The van der Waals surface area contributed by atoms with Crippen LogP contribution in [0, 0.1) is 0 Å². The molecule has 0 bridgehead atoms. The maximum absolute atomic E-state index is 12.4. The molecule has 0 saturated carbocycles. The molecule has 3 rings (SSSR count). The molecule has 0 atom stereocenters. The van der Waals surface area contributed by atoms with E-state index in [1.165, 1.54) is 6.07 Å². The zero-order valence-electron chi connectivity index (χ0n) is 11.6. The Morgan fingerprint density at radius 3 is 2.55 bits per heavy atom. The maximum atomic E-state index is 12.4. The first kappa shape index (κ1) is 14.8. The van der Waals surface area contributed by atoms with Gasteiger partial charge in [0.2, 0.25) is 0 Å². The lowest BCUT2D eigenvalue weighted by Crippen LogP contribution is -2.04. The van der Waals surface area contributed by atoms with Crippen LogP contribution in [0.5, 0.6) is 0 Å². The quantitative estimate of drug-likeness (QED) is 0.734. The highest BCUT2D eigenvalue weighted by Gasteiger charge is 2.17. The first-order chi connectivity index (χ1) is 10.5. The SMILES string of the molecule is O=S(=O)(Cc1cnn(-c2ccccc2)c1)c1cccc(Cl)c1. The summed E-state index contributed by atoms with van der Waals surface area (Å²) in [7, 11) is -3.44. The van der Waals surface area contributed by atoms with Crippen LogP contribution in [-0.2, 0) is 15.6 Å². The van der Waals surface area contributed by atoms with Gasteiger partial charge >= 0.3 is 0 Å². The highest BCUT2D eigenvalue weighted by Crippen LogP contribution is 2.20. The van der Waals surface area contributed by atoms with E-state index in [1.54, 1.807) is 35.3 Å². The second-order valence-electron chi connectivity index (χ2n) is 4.85. The average molecular weight is 333 g/mol. The van der Waals surface area contributed by atoms with Crippen molar-refractivity contribution in [2.75, 3.05) is 0 Å². The molecule has 0 spiro atoms. The van der Waals surface area contributed by atoms with Gasteiger partial charge in [0.25, 0.3) is 0 Å². The van der Waals surface area contributed by atoms with Crippen LogP contribution >= 0.6 is 11.6 Å². The third-order valence-corrected chi connectivity index (χ3v) is 5.09. The second kappa shape index (κ2) is 5.94. The van der Waals surface area contributed by atoms with Crippen molar-refractivity contribution < 1.29 is 8.42 Å². The van der Waals surface area contributed by atoms with Gasteiger partial charge in [0.05, 0.1) is 22.5 Å². The third-order valence-electron chi connectivity index (χ3n) is 3.17. The molecule has 1 heterocycles. The van der Waals surface area contributed by atoms with Gasteiger partial charge in [-0.1, -0.05) is 35.9 Å². The fourth-order valence-corrected chi connectivity index (χ4v) is 3.72. The zero-order valence-corrected chi connectivity index (χ0v) is 13.1. The van der Waals surface area contributed by atoms with Crippen LogP contribution < -0.4 is 0 Å². The molecule has 0 radical (unpaired) electrons. The van der Waals surface area contributed by atoms with Crippen LogP contribution in [0.3, 0.4) is 0 Å². The Morgan fingerprint density at radius 1 is 1.05 bits per heavy atom. The predicted molar refractivity (Wildman–Crippen MR) is 85.9 cm³/mol. The van der Waals surface area contributed by atoms with Crippen LogP contribution in [-0.4, -0.2) is 18.2 Å². The number of halogens is 1. The van der Waals surface area contributed by atoms with Crippen LogP contribution in [0.2, 0.25) is 5.02 Å². The number of benzene rings is 2. The molecule has 112 valence electrons. The van der Waals surface area contributed by atoms with Crippen molar-refractivity contribution in [3.63, 3.8) is 0 Å². The molecule has 0 amide bonds. The lowest BCUT2D eigenvalue weighted by Gasteiger charge is -2.03. The van der Waals surface area contributed by atoms with Crippen molar-refractivity contribution in [2.45, 2.75) is 10.6 Å². The number of sulfone groups is 1. The minimum atomic E-state index is -3.44. The summed E-state index contributed by atoms with van der Waals surface area (Å²) in [5, 5.41) is 4.61. The molecule has 4 nitrogen and oxygen atoms in total. The Bertz CT molecular complexity index is 889. The van der Waals surface area contributed by atoms with E-state index in [-0.39, 0.29) is 10.6 Å². The van der Waals surface area contributed by atoms with Gasteiger partial charge in [0.15, 0.2) is 9.84 Å². The molecule has 3 aromatic rings. The second-order valence-corrected chi connectivity index (χ2v) is 7.27. The van der Waals surface area contributed by atoms with Crippen molar-refractivity contribution in [1.29, 1.82) is 0 Å². The maximum Gasteiger partial charge on any atom is 0.182 e. The molecule has 0 fully saturated rings. The van der Waals surface area contributed by atoms with E-state index in [1.807, 2.05) is 30.3 Å². The van der Waals surface area contributed by atoms with E-state index < -0.39 is 9.84 Å². The van der Waals surface area contributed by atoms with Crippen molar-refractivity contribution in [3.8, 4) is 5.69 Å². The van der Waals surface area contributed by atoms with Gasteiger partial charge in [0.1, 0.15) is 0 Å². The highest BCUT2D eigenvalue weighted by molar-refractivity contribution is 7.90. The smallest absolute Gasteiger partial charge is 0.182 e. The van der Waals surface area contributed by atoms with Crippen LogP contribution in [0.4, 0.5) is 0 Å². The zero-order chi connectivity index (χ0) is 15.6. The first-order valence-corrected chi connectivity index (χ1v) is 8.65. The fraction of sp³-hybridized carbons (Fsp3) is 0.0625. The third kappa shape index (κ3) is 3.21. The van der Waals surface area contributed by atoms with Gasteiger partial charge in [-0.3, -0.25) is 0 Å². The Balaban J connectivity index is 1.86. The minimum absolute atomic E-state index is 0.111. The summed E-state index contributed by atoms with van der Waals surface area (Å²) in [5.41, 5.74) is 1.51. The molecule has 22 heavy (non-hydrogen) atoms. The first-order valence-electron chi connectivity index (χ1n) is 6.62. The van der Waals surface area contributed by atoms with Gasteiger partial charge in [-0.05, 0) is 30.3 Å². The van der Waals surface area contributed by atoms with Gasteiger partial charge in [-0.2, -0.15) is 5.10 Å².